The van der Waals surface area contributed by atoms with Crippen LogP contribution in [-0.4, -0.2) is 35.1 Å². The lowest BCUT2D eigenvalue weighted by atomic mass is 10.2. The first-order chi connectivity index (χ1) is 9.04. The number of hydrogen-bond donors (Lipinski definition) is 2. The van der Waals surface area contributed by atoms with E-state index in [0.717, 1.165) is 11.8 Å². The maximum Gasteiger partial charge on any atom is 0.234 e. The van der Waals surface area contributed by atoms with Crippen LogP contribution in [-0.2, 0) is 9.59 Å². The van der Waals surface area contributed by atoms with Crippen molar-refractivity contribution in [1.29, 1.82) is 0 Å². The number of ketones is 1. The summed E-state index contributed by atoms with van der Waals surface area (Å²) < 4.78 is 0. The van der Waals surface area contributed by atoms with Crippen LogP contribution < -0.4 is 11.1 Å². The standard InChI is InChI=1S/C13H16N2O3S/c1-9(16)11(15-12(17)7-14)8-19-13(18)10-5-3-2-4-6-10/h2-6,11H,7-8,14H2,1H3,(H,15,17). The van der Waals surface area contributed by atoms with Gasteiger partial charge in [-0.1, -0.05) is 42.1 Å². The molecule has 0 aliphatic rings. The van der Waals surface area contributed by atoms with Crippen molar-refractivity contribution in [2.75, 3.05) is 12.3 Å². The third-order valence-corrected chi connectivity index (χ3v) is 3.40. The molecule has 0 aliphatic carbocycles. The van der Waals surface area contributed by atoms with Crippen LogP contribution in [0.4, 0.5) is 0 Å². The molecule has 1 unspecified atom stereocenters. The molecule has 0 saturated carbocycles. The summed E-state index contributed by atoms with van der Waals surface area (Å²) in [5, 5.41) is 2.36. The highest BCUT2D eigenvalue weighted by atomic mass is 32.2. The van der Waals surface area contributed by atoms with Crippen molar-refractivity contribution >= 4 is 28.6 Å². The van der Waals surface area contributed by atoms with Gasteiger partial charge in [-0.25, -0.2) is 0 Å². The summed E-state index contributed by atoms with van der Waals surface area (Å²) in [6, 6.07) is 8.08. The van der Waals surface area contributed by atoms with Gasteiger partial charge in [0.05, 0.1) is 12.6 Å². The number of thioether (sulfide) groups is 1. The van der Waals surface area contributed by atoms with Crippen LogP contribution in [0.5, 0.6) is 0 Å². The number of carbonyl (C=O) groups is 3. The van der Waals surface area contributed by atoms with Crippen molar-refractivity contribution in [3.8, 4) is 0 Å². The Morgan fingerprint density at radius 3 is 2.42 bits per heavy atom. The van der Waals surface area contributed by atoms with E-state index in [4.69, 9.17) is 5.73 Å². The molecule has 0 fully saturated rings. The van der Waals surface area contributed by atoms with E-state index < -0.39 is 11.9 Å². The molecule has 0 aliphatic heterocycles. The smallest absolute Gasteiger partial charge is 0.234 e. The normalized spacial score (nSPS) is 11.7. The lowest BCUT2D eigenvalue weighted by Gasteiger charge is -2.14. The molecule has 1 aromatic rings. The van der Waals surface area contributed by atoms with E-state index >= 15 is 0 Å². The Balaban J connectivity index is 2.55. The fourth-order valence-electron chi connectivity index (χ4n) is 1.33. The van der Waals surface area contributed by atoms with E-state index in [-0.39, 0.29) is 23.2 Å². The predicted octanol–water partition coefficient (Wildman–Crippen LogP) is 0.593. The summed E-state index contributed by atoms with van der Waals surface area (Å²) in [6.45, 7) is 1.19. The Bertz CT molecular complexity index is 462. The SMILES string of the molecule is CC(=O)C(CSC(=O)c1ccccc1)NC(=O)CN. The highest BCUT2D eigenvalue weighted by Gasteiger charge is 2.18. The summed E-state index contributed by atoms with van der Waals surface area (Å²) in [7, 11) is 0. The summed E-state index contributed by atoms with van der Waals surface area (Å²) in [5.41, 5.74) is 5.74. The van der Waals surface area contributed by atoms with Crippen LogP contribution in [0.1, 0.15) is 17.3 Å². The van der Waals surface area contributed by atoms with Crippen molar-refractivity contribution in [2.24, 2.45) is 5.73 Å². The van der Waals surface area contributed by atoms with Crippen LogP contribution in [0.2, 0.25) is 0 Å². The molecule has 0 saturated heterocycles. The molecule has 0 aromatic heterocycles. The van der Waals surface area contributed by atoms with E-state index in [9.17, 15) is 14.4 Å². The van der Waals surface area contributed by atoms with Crippen molar-refractivity contribution in [1.82, 2.24) is 5.32 Å². The molecule has 1 rings (SSSR count). The van der Waals surface area contributed by atoms with Gasteiger partial charge in [0.1, 0.15) is 0 Å². The zero-order valence-electron chi connectivity index (χ0n) is 10.6. The van der Waals surface area contributed by atoms with Crippen molar-refractivity contribution < 1.29 is 14.4 Å². The van der Waals surface area contributed by atoms with Crippen LogP contribution in [0.3, 0.4) is 0 Å². The fraction of sp³-hybridized carbons (Fsp3) is 0.308. The Kier molecular flexibility index (Phi) is 6.24. The number of hydrogen-bond acceptors (Lipinski definition) is 5. The Hall–Kier alpha value is -1.66. The van der Waals surface area contributed by atoms with Gasteiger partial charge in [-0.05, 0) is 6.92 Å². The molecule has 1 aromatic carbocycles. The maximum absolute atomic E-state index is 11.8. The molecule has 102 valence electrons. The molecule has 0 bridgehead atoms. The summed E-state index contributed by atoms with van der Waals surface area (Å²) in [4.78, 5) is 34.4. The Morgan fingerprint density at radius 1 is 1.26 bits per heavy atom. The van der Waals surface area contributed by atoms with Crippen LogP contribution in [0.15, 0.2) is 30.3 Å². The minimum absolute atomic E-state index is 0.131. The number of amides is 1. The lowest BCUT2D eigenvalue weighted by molar-refractivity contribution is -0.125. The van der Waals surface area contributed by atoms with Gasteiger partial charge in [-0.15, -0.1) is 0 Å². The van der Waals surface area contributed by atoms with E-state index in [2.05, 4.69) is 5.32 Å². The molecule has 0 heterocycles. The zero-order chi connectivity index (χ0) is 14.3. The molecular formula is C13H16N2O3S. The fourth-order valence-corrected chi connectivity index (χ4v) is 2.27. The number of nitrogens with one attached hydrogen (secondary N) is 1. The average Bonchev–Trinajstić information content (AvgIpc) is 2.43. The molecule has 19 heavy (non-hydrogen) atoms. The second-order valence-corrected chi connectivity index (χ2v) is 4.89. The molecule has 6 heteroatoms. The minimum Gasteiger partial charge on any atom is -0.344 e. The monoisotopic (exact) mass is 280 g/mol. The van der Waals surface area contributed by atoms with Gasteiger partial charge in [0.25, 0.3) is 0 Å². The van der Waals surface area contributed by atoms with Gasteiger partial charge >= 0.3 is 0 Å². The third-order valence-electron chi connectivity index (χ3n) is 2.40. The number of benzene rings is 1. The molecule has 3 N–H and O–H groups in total. The van der Waals surface area contributed by atoms with Gasteiger partial charge in [-0.3, -0.25) is 14.4 Å². The van der Waals surface area contributed by atoms with Gasteiger partial charge in [0, 0.05) is 11.3 Å². The second kappa shape index (κ2) is 7.70. The number of carbonyl (C=O) groups excluding carboxylic acids is 3. The number of rotatable bonds is 6. The van der Waals surface area contributed by atoms with Gasteiger partial charge in [-0.2, -0.15) is 0 Å². The van der Waals surface area contributed by atoms with Crippen LogP contribution in [0, 0.1) is 0 Å². The summed E-state index contributed by atoms with van der Waals surface area (Å²) in [6.07, 6.45) is 0. The van der Waals surface area contributed by atoms with Crippen molar-refractivity contribution in [3.63, 3.8) is 0 Å². The zero-order valence-corrected chi connectivity index (χ0v) is 11.4. The molecule has 5 nitrogen and oxygen atoms in total. The number of nitrogens with two attached hydrogens (primary N) is 1. The van der Waals surface area contributed by atoms with Crippen molar-refractivity contribution in [3.05, 3.63) is 35.9 Å². The highest BCUT2D eigenvalue weighted by Crippen LogP contribution is 2.13. The van der Waals surface area contributed by atoms with Crippen molar-refractivity contribution in [2.45, 2.75) is 13.0 Å². The third kappa shape index (κ3) is 5.23. The second-order valence-electron chi connectivity index (χ2n) is 3.90. The average molecular weight is 280 g/mol. The van der Waals surface area contributed by atoms with E-state index in [1.807, 2.05) is 6.07 Å². The summed E-state index contributed by atoms with van der Waals surface area (Å²) in [5.74, 6) is -0.405. The van der Waals surface area contributed by atoms with E-state index in [1.54, 1.807) is 24.3 Å². The first-order valence-corrected chi connectivity index (χ1v) is 6.75. The predicted molar refractivity (Wildman–Crippen MR) is 74.9 cm³/mol. The molecule has 0 spiro atoms. The molecular weight excluding hydrogens is 264 g/mol. The van der Waals surface area contributed by atoms with E-state index in [0.29, 0.717) is 5.56 Å². The Labute approximate surface area is 115 Å². The molecule has 0 radical (unpaired) electrons. The van der Waals surface area contributed by atoms with Gasteiger partial charge in [0.2, 0.25) is 11.0 Å². The maximum atomic E-state index is 11.8. The first-order valence-electron chi connectivity index (χ1n) is 5.76. The topological polar surface area (TPSA) is 89.3 Å². The van der Waals surface area contributed by atoms with Crippen LogP contribution in [0.25, 0.3) is 0 Å². The van der Waals surface area contributed by atoms with Gasteiger partial charge < -0.3 is 11.1 Å². The highest BCUT2D eigenvalue weighted by molar-refractivity contribution is 8.14. The lowest BCUT2D eigenvalue weighted by Crippen LogP contribution is -2.44. The first kappa shape index (κ1) is 15.4. The quantitative estimate of drug-likeness (QED) is 0.796. The van der Waals surface area contributed by atoms with Crippen LogP contribution >= 0.6 is 11.8 Å². The molecule has 1 amide bonds. The summed E-state index contributed by atoms with van der Waals surface area (Å²) >= 11 is 1.00. The number of Topliss-reactive ketones (excluding diaryl/α,β-unsaturated/α-hetero) is 1. The minimum atomic E-state index is -0.686. The van der Waals surface area contributed by atoms with E-state index in [1.165, 1.54) is 6.92 Å². The van der Waals surface area contributed by atoms with Gasteiger partial charge in [0.15, 0.2) is 5.78 Å². The Morgan fingerprint density at radius 2 is 1.89 bits per heavy atom. The molecule has 1 atom stereocenters. The largest absolute Gasteiger partial charge is 0.344 e.